The summed E-state index contributed by atoms with van der Waals surface area (Å²) in [7, 11) is -17.3. The summed E-state index contributed by atoms with van der Waals surface area (Å²) in [6.45, 7) is -2.79. The van der Waals surface area contributed by atoms with Crippen LogP contribution < -0.4 is 11.4 Å². The smallest absolute Gasteiger partial charge is 0.386 e. The lowest BCUT2D eigenvalue weighted by molar-refractivity contribution is -0.0538. The van der Waals surface area contributed by atoms with E-state index in [0.717, 1.165) is 0 Å². The monoisotopic (exact) mass is 559 g/mol. The number of aliphatic hydroxyl groups excluding tert-OH is 1. The number of aromatic nitrogens is 2. The van der Waals surface area contributed by atoms with Crippen molar-refractivity contribution in [1.29, 1.82) is 0 Å². The van der Waals surface area contributed by atoms with E-state index < -0.39 is 78.2 Å². The van der Waals surface area contributed by atoms with Crippen LogP contribution in [-0.4, -0.2) is 65.4 Å². The molecule has 3 unspecified atom stereocenters. The Labute approximate surface area is 186 Å². The number of halogens is 3. The Morgan fingerprint density at radius 1 is 1.24 bits per heavy atom. The molecule has 1 fully saturated rings. The molecular weight excluding hydrogens is 544 g/mol. The first kappa shape index (κ1) is 28.6. The van der Waals surface area contributed by atoms with E-state index >= 15 is 4.39 Å². The molecule has 16 nitrogen and oxygen atoms in total. The van der Waals surface area contributed by atoms with Crippen LogP contribution in [0.4, 0.5) is 19.0 Å². The van der Waals surface area contributed by atoms with Gasteiger partial charge < -0.3 is 35.2 Å². The molecule has 1 aliphatic rings. The van der Waals surface area contributed by atoms with E-state index in [0.29, 0.717) is 6.20 Å². The minimum Gasteiger partial charge on any atom is -0.386 e. The number of anilines is 1. The van der Waals surface area contributed by atoms with Crippen molar-refractivity contribution in [3.05, 3.63) is 22.5 Å². The normalized spacial score (nSPS) is 28.5. The first-order valence-corrected chi connectivity index (χ1v) is 12.8. The maximum Gasteiger partial charge on any atom is 0.490 e. The molecule has 6 atom stereocenters. The van der Waals surface area contributed by atoms with Gasteiger partial charge in [-0.3, -0.25) is 9.09 Å². The molecular formula is C12H15F3N3O13P3. The van der Waals surface area contributed by atoms with Crippen molar-refractivity contribution in [3.63, 3.8) is 0 Å². The third-order valence-corrected chi connectivity index (χ3v) is 7.60. The number of ether oxygens (including phenoxy) is 1. The highest BCUT2D eigenvalue weighted by Gasteiger charge is 2.58. The fraction of sp³-hybridized carbons (Fsp3) is 0.500. The van der Waals surface area contributed by atoms with Crippen LogP contribution in [0, 0.1) is 17.7 Å². The van der Waals surface area contributed by atoms with Crippen LogP contribution in [0.1, 0.15) is 6.23 Å². The Morgan fingerprint density at radius 3 is 2.41 bits per heavy atom. The molecule has 0 radical (unpaired) electrons. The van der Waals surface area contributed by atoms with E-state index in [1.165, 1.54) is 0 Å². The van der Waals surface area contributed by atoms with Crippen LogP contribution in [0.25, 0.3) is 0 Å². The van der Waals surface area contributed by atoms with Gasteiger partial charge in [-0.15, -0.1) is 0 Å². The number of phosphoric ester groups is 1. The van der Waals surface area contributed by atoms with Gasteiger partial charge in [-0.05, 0) is 0 Å². The molecule has 1 aromatic rings. The minimum atomic E-state index is -5.88. The molecule has 1 aliphatic heterocycles. The molecule has 1 aromatic heterocycles. The van der Waals surface area contributed by atoms with Gasteiger partial charge in [0.1, 0.15) is 18.9 Å². The van der Waals surface area contributed by atoms with Crippen LogP contribution in [-0.2, 0) is 31.6 Å². The van der Waals surface area contributed by atoms with Gasteiger partial charge in [-0.25, -0.2) is 31.7 Å². The Kier molecular flexibility index (Phi) is 8.54. The van der Waals surface area contributed by atoms with Gasteiger partial charge in [0, 0.05) is 0 Å². The lowest BCUT2D eigenvalue weighted by Gasteiger charge is -2.24. The van der Waals surface area contributed by atoms with Crippen molar-refractivity contribution in [2.45, 2.75) is 24.1 Å². The second-order valence-corrected chi connectivity index (χ2v) is 10.6. The van der Waals surface area contributed by atoms with E-state index in [9.17, 15) is 37.3 Å². The maximum atomic E-state index is 15.5. The van der Waals surface area contributed by atoms with Crippen molar-refractivity contribution in [2.24, 2.45) is 0 Å². The second kappa shape index (κ2) is 10.2. The van der Waals surface area contributed by atoms with Crippen LogP contribution >= 0.6 is 23.5 Å². The van der Waals surface area contributed by atoms with Crippen LogP contribution in [0.15, 0.2) is 11.0 Å². The van der Waals surface area contributed by atoms with Crippen molar-refractivity contribution in [1.82, 2.24) is 9.55 Å². The number of phosphoric acid groups is 3. The van der Waals surface area contributed by atoms with Gasteiger partial charge in [0.15, 0.2) is 17.9 Å². The molecule has 2 rings (SSSR count). The predicted molar refractivity (Wildman–Crippen MR) is 100 cm³/mol. The summed E-state index contributed by atoms with van der Waals surface area (Å²) in [4.78, 5) is 50.6. The first-order chi connectivity index (χ1) is 15.4. The highest BCUT2D eigenvalue weighted by molar-refractivity contribution is 7.66. The highest BCUT2D eigenvalue weighted by atomic mass is 31.3. The van der Waals surface area contributed by atoms with Gasteiger partial charge in [0.2, 0.25) is 5.67 Å². The standard InChI is InChI=1S/C12H15F3N3O13P3/c13-3-1-2-12(15)8(19)7(29-10(12)18-4-6(14)9(16)17-11(18)20)5-28-33(24,25)31-34(26,27)30-32(21,22)23/h4,7-8,10,19H,3,5H2,(H,24,25)(H,26,27)(H2,16,17,20)(H2,21,22,23)/t7-,8+,10-,12?/m1/s1. The number of rotatable bonds is 8. The van der Waals surface area contributed by atoms with Gasteiger partial charge >= 0.3 is 29.2 Å². The molecule has 0 amide bonds. The Hall–Kier alpha value is -1.64. The summed E-state index contributed by atoms with van der Waals surface area (Å²) in [6, 6.07) is 0. The molecule has 0 aliphatic carbocycles. The summed E-state index contributed by atoms with van der Waals surface area (Å²) in [6.07, 6.45) is -6.51. The number of hydrogen-bond donors (Lipinski definition) is 6. The zero-order valence-corrected chi connectivity index (χ0v) is 18.9. The molecule has 0 spiro atoms. The third-order valence-electron chi connectivity index (χ3n) is 3.80. The molecule has 7 N–H and O–H groups in total. The van der Waals surface area contributed by atoms with E-state index in [-0.39, 0.29) is 4.57 Å². The number of nitrogen functional groups attached to an aromatic ring is 1. The summed E-state index contributed by atoms with van der Waals surface area (Å²) >= 11 is 0. The molecule has 1 saturated heterocycles. The van der Waals surface area contributed by atoms with Gasteiger partial charge in [-0.1, -0.05) is 11.8 Å². The lowest BCUT2D eigenvalue weighted by atomic mass is 9.96. The quantitative estimate of drug-likeness (QED) is 0.169. The van der Waals surface area contributed by atoms with Gasteiger partial charge in [-0.2, -0.15) is 13.6 Å². The van der Waals surface area contributed by atoms with Crippen LogP contribution in [0.3, 0.4) is 0 Å². The van der Waals surface area contributed by atoms with Crippen molar-refractivity contribution < 1.29 is 69.4 Å². The molecule has 22 heteroatoms. The first-order valence-electron chi connectivity index (χ1n) is 8.32. The summed E-state index contributed by atoms with van der Waals surface area (Å²) in [5.74, 6) is 1.08. The largest absolute Gasteiger partial charge is 0.490 e. The number of nitrogens with two attached hydrogens (primary N) is 1. The van der Waals surface area contributed by atoms with Crippen molar-refractivity contribution in [3.8, 4) is 11.8 Å². The summed E-state index contributed by atoms with van der Waals surface area (Å²) in [5, 5.41) is 10.3. The molecule has 34 heavy (non-hydrogen) atoms. The fourth-order valence-corrected chi connectivity index (χ4v) is 5.59. The second-order valence-electron chi connectivity index (χ2n) is 6.23. The average molecular weight is 559 g/mol. The number of hydrogen-bond acceptors (Lipinski definition) is 11. The maximum absolute atomic E-state index is 15.5. The molecule has 0 bridgehead atoms. The van der Waals surface area contributed by atoms with Gasteiger partial charge in [0.05, 0.1) is 12.8 Å². The number of aliphatic hydroxyl groups is 1. The zero-order valence-electron chi connectivity index (χ0n) is 16.2. The van der Waals surface area contributed by atoms with E-state index in [2.05, 4.69) is 18.1 Å². The predicted octanol–water partition coefficient (Wildman–Crippen LogP) is -0.753. The van der Waals surface area contributed by atoms with Crippen LogP contribution in [0.5, 0.6) is 0 Å². The van der Waals surface area contributed by atoms with E-state index in [4.69, 9.17) is 25.2 Å². The van der Waals surface area contributed by atoms with E-state index in [1.807, 2.05) is 0 Å². The Morgan fingerprint density at radius 2 is 1.85 bits per heavy atom. The Balaban J connectivity index is 2.30. The summed E-state index contributed by atoms with van der Waals surface area (Å²) in [5.41, 5.74) is 0.367. The third kappa shape index (κ3) is 6.95. The van der Waals surface area contributed by atoms with Crippen LogP contribution in [0.2, 0.25) is 0 Å². The number of alkyl halides is 2. The molecule has 0 saturated carbocycles. The van der Waals surface area contributed by atoms with Gasteiger partial charge in [0.25, 0.3) is 0 Å². The lowest BCUT2D eigenvalue weighted by Crippen LogP contribution is -2.44. The molecule has 0 aromatic carbocycles. The number of nitrogens with zero attached hydrogens (tertiary/aromatic N) is 2. The SMILES string of the molecule is Nc1nc(=O)n([C@@H]2O[C@H](COP(=O)(O)OP(=O)(O)OP(=O)(O)O)[C@H](O)C2(F)C#CCF)cc1F. The highest BCUT2D eigenvalue weighted by Crippen LogP contribution is 2.66. The molecule has 2 heterocycles. The minimum absolute atomic E-state index is 0.159. The van der Waals surface area contributed by atoms with Crippen molar-refractivity contribution >= 4 is 29.3 Å². The molecule has 192 valence electrons. The van der Waals surface area contributed by atoms with E-state index in [1.54, 1.807) is 11.8 Å². The summed E-state index contributed by atoms with van der Waals surface area (Å²) < 4.78 is 91.9. The Bertz CT molecular complexity index is 1200. The average Bonchev–Trinajstić information content (AvgIpc) is 2.90. The fourth-order valence-electron chi connectivity index (χ4n) is 2.56. The zero-order chi connectivity index (χ0) is 26.1. The topological polar surface area (TPSA) is 250 Å². The van der Waals surface area contributed by atoms with Crippen molar-refractivity contribution in [2.75, 3.05) is 19.0 Å².